The first kappa shape index (κ1) is 28.7. The summed E-state index contributed by atoms with van der Waals surface area (Å²) < 4.78 is 38.1. The van der Waals surface area contributed by atoms with Gasteiger partial charge in [0.15, 0.2) is 0 Å². The molecule has 0 aliphatic carbocycles. The number of methoxy groups -OCH3 is 1. The van der Waals surface area contributed by atoms with Crippen LogP contribution in [0, 0.1) is 0 Å². The Kier molecular flexibility index (Phi) is 9.48. The molecule has 2 amide bonds. The Morgan fingerprint density at radius 3 is 2.15 bits per heavy atom. The molecule has 0 aliphatic heterocycles. The van der Waals surface area contributed by atoms with Gasteiger partial charge in [0.25, 0.3) is 0 Å². The van der Waals surface area contributed by atoms with Gasteiger partial charge in [0.05, 0.1) is 24.5 Å². The van der Waals surface area contributed by atoms with Gasteiger partial charge in [-0.25, -0.2) is 9.78 Å². The molecule has 1 heterocycles. The Hall–Kier alpha value is -4.26. The number of anilines is 1. The molecule has 0 spiro atoms. The monoisotopic (exact) mass is 580 g/mol. The van der Waals surface area contributed by atoms with Crippen molar-refractivity contribution in [2.24, 2.45) is 0 Å². The van der Waals surface area contributed by atoms with Crippen LogP contribution in [0.15, 0.2) is 90.3 Å². The largest absolute Gasteiger partial charge is 0.453 e. The summed E-state index contributed by atoms with van der Waals surface area (Å²) in [5, 5.41) is 8.22. The number of benzene rings is 3. The summed E-state index contributed by atoms with van der Waals surface area (Å²) in [4.78, 5) is 30.4. The topological polar surface area (TPSA) is 147 Å². The number of ether oxygens (including phenoxy) is 1. The second-order valence-corrected chi connectivity index (χ2v) is 10.9. The SMILES string of the molecule is COC(=O)N[C@@H](Cc1ccccc1)C(=O)N[C@@H](Cc1ccc(NS(=O)(=O)O)cc1)c1nc(-c2ccccc2)cs1. The highest BCUT2D eigenvalue weighted by Gasteiger charge is 2.26. The smallest absolute Gasteiger partial charge is 0.407 e. The van der Waals surface area contributed by atoms with Gasteiger partial charge in [0.1, 0.15) is 11.0 Å². The molecular formula is C28H28N4O6S2. The number of amides is 2. The van der Waals surface area contributed by atoms with Gasteiger partial charge >= 0.3 is 16.4 Å². The molecule has 2 atom stereocenters. The number of carbonyl (C=O) groups is 2. The second-order valence-electron chi connectivity index (χ2n) is 8.85. The number of thiazole rings is 1. The maximum Gasteiger partial charge on any atom is 0.407 e. The van der Waals surface area contributed by atoms with Crippen LogP contribution in [0.3, 0.4) is 0 Å². The van der Waals surface area contributed by atoms with E-state index in [0.29, 0.717) is 11.4 Å². The van der Waals surface area contributed by atoms with Crippen molar-refractivity contribution in [2.45, 2.75) is 24.9 Å². The fourth-order valence-corrected chi connectivity index (χ4v) is 5.33. The highest BCUT2D eigenvalue weighted by atomic mass is 32.2. The Morgan fingerprint density at radius 2 is 1.52 bits per heavy atom. The van der Waals surface area contributed by atoms with E-state index in [1.165, 1.54) is 30.6 Å². The molecular weight excluding hydrogens is 552 g/mol. The van der Waals surface area contributed by atoms with Crippen LogP contribution in [-0.2, 0) is 32.7 Å². The normalized spacial score (nSPS) is 12.7. The summed E-state index contributed by atoms with van der Waals surface area (Å²) in [5.74, 6) is -0.416. The molecule has 4 N–H and O–H groups in total. The molecule has 0 saturated carbocycles. The fourth-order valence-electron chi connectivity index (χ4n) is 4.02. The standard InChI is InChI=1S/C28H28N4O6S2/c1-38-28(34)31-23(16-19-8-4-2-5-9-19)26(33)29-24(17-20-12-14-22(15-13-20)32-40(35,36)37)27-30-25(18-39-27)21-10-6-3-7-11-21/h2-15,18,23-24,32H,16-17H2,1H3,(H,29,33)(H,31,34)(H,35,36,37)/t23-,24-/m0/s1. The molecule has 12 heteroatoms. The minimum absolute atomic E-state index is 0.192. The molecule has 40 heavy (non-hydrogen) atoms. The number of nitrogens with zero attached hydrogens (tertiary/aromatic N) is 1. The summed E-state index contributed by atoms with van der Waals surface area (Å²) in [5.41, 5.74) is 3.53. The Morgan fingerprint density at radius 1 is 0.900 bits per heavy atom. The average Bonchev–Trinajstić information content (AvgIpc) is 3.44. The van der Waals surface area contributed by atoms with E-state index >= 15 is 0 Å². The number of hydrogen-bond acceptors (Lipinski definition) is 7. The van der Waals surface area contributed by atoms with Crippen molar-refractivity contribution in [1.29, 1.82) is 0 Å². The third kappa shape index (κ3) is 8.37. The first-order valence-electron chi connectivity index (χ1n) is 12.2. The summed E-state index contributed by atoms with van der Waals surface area (Å²) in [7, 11) is -3.17. The number of alkyl carbamates (subject to hydrolysis) is 1. The lowest BCUT2D eigenvalue weighted by molar-refractivity contribution is -0.123. The Labute approximate surface area is 236 Å². The lowest BCUT2D eigenvalue weighted by Crippen LogP contribution is -2.49. The zero-order valence-corrected chi connectivity index (χ0v) is 23.1. The van der Waals surface area contributed by atoms with E-state index in [-0.39, 0.29) is 12.1 Å². The van der Waals surface area contributed by atoms with Gasteiger partial charge < -0.3 is 15.4 Å². The van der Waals surface area contributed by atoms with Crippen molar-refractivity contribution in [2.75, 3.05) is 11.8 Å². The van der Waals surface area contributed by atoms with Gasteiger partial charge in [0.2, 0.25) is 5.91 Å². The summed E-state index contributed by atoms with van der Waals surface area (Å²) in [6, 6.07) is 23.9. The molecule has 10 nitrogen and oxygen atoms in total. The third-order valence-electron chi connectivity index (χ3n) is 5.92. The second kappa shape index (κ2) is 13.2. The van der Waals surface area contributed by atoms with Crippen LogP contribution in [-0.4, -0.2) is 43.1 Å². The summed E-state index contributed by atoms with van der Waals surface area (Å²) >= 11 is 1.40. The van der Waals surface area contributed by atoms with Crippen LogP contribution < -0.4 is 15.4 Å². The van der Waals surface area contributed by atoms with E-state index in [1.54, 1.807) is 12.1 Å². The van der Waals surface area contributed by atoms with E-state index in [0.717, 1.165) is 22.4 Å². The molecule has 0 bridgehead atoms. The van der Waals surface area contributed by atoms with E-state index < -0.39 is 34.4 Å². The van der Waals surface area contributed by atoms with Gasteiger partial charge in [0, 0.05) is 17.4 Å². The predicted molar refractivity (Wildman–Crippen MR) is 153 cm³/mol. The maximum absolute atomic E-state index is 13.6. The summed E-state index contributed by atoms with van der Waals surface area (Å²) in [6.07, 6.45) is -0.150. The number of aromatic nitrogens is 1. The van der Waals surface area contributed by atoms with Crippen LogP contribution >= 0.6 is 11.3 Å². The first-order valence-corrected chi connectivity index (χ1v) is 14.6. The third-order valence-corrected chi connectivity index (χ3v) is 7.38. The van der Waals surface area contributed by atoms with Crippen LogP contribution in [0.25, 0.3) is 11.3 Å². The number of nitrogens with one attached hydrogen (secondary N) is 3. The van der Waals surface area contributed by atoms with Gasteiger partial charge in [-0.1, -0.05) is 72.8 Å². The quantitative estimate of drug-likeness (QED) is 0.192. The number of rotatable bonds is 11. The highest BCUT2D eigenvalue weighted by Crippen LogP contribution is 2.28. The minimum atomic E-state index is -4.40. The highest BCUT2D eigenvalue weighted by molar-refractivity contribution is 7.87. The molecule has 0 fully saturated rings. The Bertz CT molecular complexity index is 1530. The van der Waals surface area contributed by atoms with Crippen molar-refractivity contribution in [3.8, 4) is 11.3 Å². The van der Waals surface area contributed by atoms with Crippen LogP contribution in [0.2, 0.25) is 0 Å². The summed E-state index contributed by atoms with van der Waals surface area (Å²) in [6.45, 7) is 0. The molecule has 208 valence electrons. The van der Waals surface area contributed by atoms with Crippen molar-refractivity contribution in [1.82, 2.24) is 15.6 Å². The molecule has 0 unspecified atom stereocenters. The molecule has 0 aliphatic rings. The van der Waals surface area contributed by atoms with E-state index in [9.17, 15) is 18.0 Å². The van der Waals surface area contributed by atoms with Gasteiger partial charge in [-0.3, -0.25) is 14.1 Å². The molecule has 0 saturated heterocycles. The lowest BCUT2D eigenvalue weighted by Gasteiger charge is -2.22. The van der Waals surface area contributed by atoms with Gasteiger partial charge in [-0.05, 0) is 29.7 Å². The van der Waals surface area contributed by atoms with Crippen LogP contribution in [0.1, 0.15) is 22.2 Å². The lowest BCUT2D eigenvalue weighted by atomic mass is 10.0. The minimum Gasteiger partial charge on any atom is -0.453 e. The first-order chi connectivity index (χ1) is 19.2. The van der Waals surface area contributed by atoms with E-state index in [1.807, 2.05) is 70.8 Å². The number of hydrogen-bond donors (Lipinski definition) is 4. The molecule has 1 aromatic heterocycles. The zero-order chi connectivity index (χ0) is 28.5. The van der Waals surface area contributed by atoms with E-state index in [4.69, 9.17) is 14.3 Å². The van der Waals surface area contributed by atoms with Crippen molar-refractivity contribution >= 4 is 39.3 Å². The molecule has 3 aromatic carbocycles. The van der Waals surface area contributed by atoms with Crippen LogP contribution in [0.5, 0.6) is 0 Å². The predicted octanol–water partition coefficient (Wildman–Crippen LogP) is 4.39. The zero-order valence-electron chi connectivity index (χ0n) is 21.5. The van der Waals surface area contributed by atoms with Crippen molar-refractivity contribution in [3.05, 3.63) is 106 Å². The molecule has 4 rings (SSSR count). The van der Waals surface area contributed by atoms with Gasteiger partial charge in [-0.2, -0.15) is 8.42 Å². The fraction of sp³-hybridized carbons (Fsp3) is 0.179. The maximum atomic E-state index is 13.6. The van der Waals surface area contributed by atoms with Crippen molar-refractivity contribution in [3.63, 3.8) is 0 Å². The Balaban J connectivity index is 1.60. The van der Waals surface area contributed by atoms with Crippen molar-refractivity contribution < 1.29 is 27.3 Å². The van der Waals surface area contributed by atoms with Crippen LogP contribution in [0.4, 0.5) is 10.5 Å². The molecule has 4 aromatic rings. The average molecular weight is 581 g/mol. The molecule has 0 radical (unpaired) electrons. The van der Waals surface area contributed by atoms with Gasteiger partial charge in [-0.15, -0.1) is 11.3 Å². The van der Waals surface area contributed by atoms with E-state index in [2.05, 4.69) is 10.6 Å². The number of carbonyl (C=O) groups excluding carboxylic acids is 2.